The number of urea groups is 1. The van der Waals surface area contributed by atoms with Crippen LogP contribution in [0.2, 0.25) is 0 Å². The number of anilines is 2. The minimum absolute atomic E-state index is 0.179. The monoisotopic (exact) mass is 329 g/mol. The van der Waals surface area contributed by atoms with Gasteiger partial charge in [-0.25, -0.2) is 4.79 Å². The van der Waals surface area contributed by atoms with Gasteiger partial charge in [-0.1, -0.05) is 0 Å². The zero-order valence-electron chi connectivity index (χ0n) is 12.6. The second kappa shape index (κ2) is 5.73. The fourth-order valence-corrected chi connectivity index (χ4v) is 3.31. The highest BCUT2D eigenvalue weighted by Gasteiger charge is 2.15. The number of aromatic nitrogens is 2. The van der Waals surface area contributed by atoms with E-state index < -0.39 is 6.03 Å². The number of thiophene rings is 1. The third kappa shape index (κ3) is 3.02. The van der Waals surface area contributed by atoms with Gasteiger partial charge in [0.15, 0.2) is 0 Å². The van der Waals surface area contributed by atoms with Crippen LogP contribution in [0.4, 0.5) is 16.2 Å². The Morgan fingerprint density at radius 2 is 1.78 bits per heavy atom. The van der Waals surface area contributed by atoms with Crippen LogP contribution in [0.5, 0.6) is 0 Å². The van der Waals surface area contributed by atoms with Gasteiger partial charge in [-0.3, -0.25) is 9.48 Å². The molecule has 0 atom stereocenters. The number of hydrogen-bond donors (Lipinski definition) is 3. The van der Waals surface area contributed by atoms with Gasteiger partial charge in [0, 0.05) is 23.8 Å². The largest absolute Gasteiger partial charge is 0.351 e. The minimum Gasteiger partial charge on any atom is -0.351 e. The summed E-state index contributed by atoms with van der Waals surface area (Å²) in [6.45, 7) is 1.92. The summed E-state index contributed by atoms with van der Waals surface area (Å²) in [5.74, 6) is -0.179. The molecular weight excluding hydrogens is 314 g/mol. The third-order valence-corrected chi connectivity index (χ3v) is 4.53. The molecule has 0 bridgehead atoms. The molecule has 2 aromatic heterocycles. The summed E-state index contributed by atoms with van der Waals surface area (Å²) in [4.78, 5) is 24.7. The lowest BCUT2D eigenvalue weighted by Crippen LogP contribution is -2.19. The number of benzene rings is 1. The first-order valence-electron chi connectivity index (χ1n) is 6.85. The molecule has 4 N–H and O–H groups in total. The van der Waals surface area contributed by atoms with Crippen LogP contribution in [0, 0.1) is 6.92 Å². The number of hydrogen-bond acceptors (Lipinski definition) is 4. The van der Waals surface area contributed by atoms with E-state index in [-0.39, 0.29) is 5.91 Å². The van der Waals surface area contributed by atoms with E-state index in [0.717, 1.165) is 15.9 Å². The summed E-state index contributed by atoms with van der Waals surface area (Å²) in [7, 11) is 1.86. The molecule has 3 amide bonds. The number of nitrogens with one attached hydrogen (secondary N) is 2. The van der Waals surface area contributed by atoms with Gasteiger partial charge in [0.05, 0.1) is 10.6 Å². The van der Waals surface area contributed by atoms with Crippen molar-refractivity contribution < 1.29 is 9.59 Å². The van der Waals surface area contributed by atoms with E-state index in [9.17, 15) is 9.59 Å². The number of aryl methyl sites for hydroxylation is 2. The summed E-state index contributed by atoms with van der Waals surface area (Å²) in [6, 6.07) is 7.95. The lowest BCUT2D eigenvalue weighted by molar-refractivity contribution is 0.103. The molecule has 23 heavy (non-hydrogen) atoms. The predicted molar refractivity (Wildman–Crippen MR) is 90.9 cm³/mol. The van der Waals surface area contributed by atoms with Crippen LogP contribution < -0.4 is 16.4 Å². The number of fused-ring (bicyclic) bond motifs is 1. The zero-order valence-corrected chi connectivity index (χ0v) is 13.4. The van der Waals surface area contributed by atoms with Gasteiger partial charge in [-0.2, -0.15) is 5.10 Å². The molecule has 0 spiro atoms. The van der Waals surface area contributed by atoms with Crippen molar-refractivity contribution in [1.29, 1.82) is 0 Å². The highest BCUT2D eigenvalue weighted by atomic mass is 32.1. The Bertz CT molecular complexity index is 860. The van der Waals surface area contributed by atoms with E-state index in [1.54, 1.807) is 28.9 Å². The Morgan fingerprint density at radius 1 is 1.17 bits per heavy atom. The number of amides is 3. The molecule has 3 rings (SSSR count). The smallest absolute Gasteiger partial charge is 0.316 e. The average Bonchev–Trinajstić information content (AvgIpc) is 3.03. The molecular formula is C15H15N5O2S. The Morgan fingerprint density at radius 3 is 2.35 bits per heavy atom. The van der Waals surface area contributed by atoms with Gasteiger partial charge in [-0.05, 0) is 37.3 Å². The van der Waals surface area contributed by atoms with Crippen LogP contribution in [0.3, 0.4) is 0 Å². The molecule has 0 unspecified atom stereocenters. The maximum Gasteiger partial charge on any atom is 0.316 e. The van der Waals surface area contributed by atoms with E-state index in [2.05, 4.69) is 15.7 Å². The quantitative estimate of drug-likeness (QED) is 0.688. The maximum atomic E-state index is 12.3. The highest BCUT2D eigenvalue weighted by molar-refractivity contribution is 7.20. The number of primary amides is 1. The summed E-state index contributed by atoms with van der Waals surface area (Å²) < 4.78 is 1.77. The molecule has 0 fully saturated rings. The molecule has 118 valence electrons. The average molecular weight is 329 g/mol. The highest BCUT2D eigenvalue weighted by Crippen LogP contribution is 2.28. The SMILES string of the molecule is Cc1nn(C)c2sc(C(=O)Nc3ccc(NC(N)=O)cc3)cc12. The summed E-state index contributed by atoms with van der Waals surface area (Å²) in [5, 5.41) is 10.6. The second-order valence-corrected chi connectivity index (χ2v) is 6.09. The Balaban J connectivity index is 1.77. The fourth-order valence-electron chi connectivity index (χ4n) is 2.29. The Labute approximate surface area is 136 Å². The van der Waals surface area contributed by atoms with Crippen molar-refractivity contribution in [2.45, 2.75) is 6.92 Å². The molecule has 0 aliphatic rings. The van der Waals surface area contributed by atoms with Crippen LogP contribution in [0.1, 0.15) is 15.4 Å². The lowest BCUT2D eigenvalue weighted by atomic mass is 10.2. The van der Waals surface area contributed by atoms with Crippen LogP contribution in [-0.4, -0.2) is 21.7 Å². The van der Waals surface area contributed by atoms with Crippen molar-refractivity contribution in [1.82, 2.24) is 9.78 Å². The molecule has 0 aliphatic heterocycles. The molecule has 1 aromatic carbocycles. The zero-order chi connectivity index (χ0) is 16.6. The number of carbonyl (C=O) groups is 2. The molecule has 2 heterocycles. The Kier molecular flexibility index (Phi) is 3.75. The van der Waals surface area contributed by atoms with Crippen molar-refractivity contribution in [3.8, 4) is 0 Å². The Hall–Kier alpha value is -2.87. The van der Waals surface area contributed by atoms with Gasteiger partial charge in [0.2, 0.25) is 0 Å². The van der Waals surface area contributed by atoms with Gasteiger partial charge in [0.1, 0.15) is 4.83 Å². The van der Waals surface area contributed by atoms with Gasteiger partial charge >= 0.3 is 6.03 Å². The molecule has 7 nitrogen and oxygen atoms in total. The molecule has 0 saturated heterocycles. The van der Waals surface area contributed by atoms with E-state index in [0.29, 0.717) is 16.3 Å². The minimum atomic E-state index is -0.629. The summed E-state index contributed by atoms with van der Waals surface area (Å²) >= 11 is 1.40. The van der Waals surface area contributed by atoms with Crippen LogP contribution in [-0.2, 0) is 7.05 Å². The van der Waals surface area contributed by atoms with E-state index in [4.69, 9.17) is 5.73 Å². The predicted octanol–water partition coefficient (Wildman–Crippen LogP) is 2.69. The summed E-state index contributed by atoms with van der Waals surface area (Å²) in [5.41, 5.74) is 7.15. The van der Waals surface area contributed by atoms with Gasteiger partial charge in [0.25, 0.3) is 5.91 Å². The van der Waals surface area contributed by atoms with Gasteiger partial charge in [-0.15, -0.1) is 11.3 Å². The van der Waals surface area contributed by atoms with Crippen LogP contribution >= 0.6 is 11.3 Å². The maximum absolute atomic E-state index is 12.3. The first kappa shape index (κ1) is 15.0. The number of nitrogens with two attached hydrogens (primary N) is 1. The number of nitrogens with zero attached hydrogens (tertiary/aromatic N) is 2. The molecule has 0 radical (unpaired) electrons. The van der Waals surface area contributed by atoms with Crippen molar-refractivity contribution >= 4 is 44.9 Å². The van der Waals surface area contributed by atoms with Crippen LogP contribution in [0.15, 0.2) is 30.3 Å². The first-order chi connectivity index (χ1) is 10.9. The summed E-state index contributed by atoms with van der Waals surface area (Å²) in [6.07, 6.45) is 0. The van der Waals surface area contributed by atoms with E-state index in [1.807, 2.05) is 20.0 Å². The standard InChI is InChI=1S/C15H15N5O2S/c1-8-11-7-12(23-14(11)20(2)19-8)13(21)17-9-3-5-10(6-4-9)18-15(16)22/h3-7H,1-2H3,(H,17,21)(H3,16,18,22). The second-order valence-electron chi connectivity index (χ2n) is 5.06. The van der Waals surface area contributed by atoms with E-state index in [1.165, 1.54) is 11.3 Å². The van der Waals surface area contributed by atoms with Crippen molar-refractivity contribution in [3.05, 3.63) is 40.9 Å². The number of rotatable bonds is 3. The molecule has 0 aliphatic carbocycles. The molecule has 3 aromatic rings. The molecule has 8 heteroatoms. The van der Waals surface area contributed by atoms with Crippen molar-refractivity contribution in [3.63, 3.8) is 0 Å². The van der Waals surface area contributed by atoms with Crippen LogP contribution in [0.25, 0.3) is 10.2 Å². The van der Waals surface area contributed by atoms with Crippen molar-refractivity contribution in [2.75, 3.05) is 10.6 Å². The third-order valence-electron chi connectivity index (χ3n) is 3.33. The van der Waals surface area contributed by atoms with Crippen molar-refractivity contribution in [2.24, 2.45) is 12.8 Å². The lowest BCUT2D eigenvalue weighted by Gasteiger charge is -2.05. The normalized spacial score (nSPS) is 10.7. The number of carbonyl (C=O) groups excluding carboxylic acids is 2. The topological polar surface area (TPSA) is 102 Å². The van der Waals surface area contributed by atoms with E-state index >= 15 is 0 Å². The molecule has 0 saturated carbocycles. The van der Waals surface area contributed by atoms with Gasteiger partial charge < -0.3 is 16.4 Å². The fraction of sp³-hybridized carbons (Fsp3) is 0.133. The first-order valence-corrected chi connectivity index (χ1v) is 7.66.